The minimum absolute atomic E-state index is 1.57. The van der Waals surface area contributed by atoms with Gasteiger partial charge in [-0.1, -0.05) is 0 Å². The standard InChI is InChI=1S/C3H4BNO/c1-2-4-6-5-3-1/h1-3,5H. The third-order valence-electron chi connectivity index (χ3n) is 0.490. The van der Waals surface area contributed by atoms with Gasteiger partial charge in [0.15, 0.2) is 0 Å². The molecule has 30 valence electrons. The van der Waals surface area contributed by atoms with Crippen molar-refractivity contribution in [2.24, 2.45) is 0 Å². The fraction of sp³-hybridized carbons (Fsp3) is 0. The molecule has 6 heavy (non-hydrogen) atoms. The van der Waals surface area contributed by atoms with Crippen molar-refractivity contribution in [3.63, 3.8) is 0 Å². The molecule has 0 aromatic heterocycles. The number of hydrogen-bond acceptors (Lipinski definition) is 2. The van der Waals surface area contributed by atoms with Crippen LogP contribution in [0, 0.1) is 0 Å². The Morgan fingerprint density at radius 2 is 2.67 bits per heavy atom. The third kappa shape index (κ3) is 0.609. The van der Waals surface area contributed by atoms with E-state index in [0.29, 0.717) is 0 Å². The summed E-state index contributed by atoms with van der Waals surface area (Å²) < 4.78 is 4.55. The Kier molecular flexibility index (Phi) is 0.951. The van der Waals surface area contributed by atoms with Crippen LogP contribution in [0.5, 0.6) is 0 Å². The minimum atomic E-state index is 1.57. The molecule has 1 N–H and O–H groups in total. The van der Waals surface area contributed by atoms with Crippen LogP contribution in [-0.2, 0) is 4.76 Å². The van der Waals surface area contributed by atoms with Crippen LogP contribution in [0.2, 0.25) is 0 Å². The van der Waals surface area contributed by atoms with Crippen LogP contribution in [0.4, 0.5) is 0 Å². The van der Waals surface area contributed by atoms with Crippen molar-refractivity contribution in [2.45, 2.75) is 0 Å². The Balaban J connectivity index is 2.46. The van der Waals surface area contributed by atoms with Crippen LogP contribution in [-0.4, -0.2) is 13.1 Å². The summed E-state index contributed by atoms with van der Waals surface area (Å²) in [4.78, 5) is 0. The zero-order chi connectivity index (χ0) is 4.24. The Morgan fingerprint density at radius 3 is 2.83 bits per heavy atom. The molecular weight excluding hydrogens is 76.9 g/mol. The van der Waals surface area contributed by atoms with Crippen molar-refractivity contribution in [3.05, 3.63) is 12.3 Å². The van der Waals surface area contributed by atoms with Crippen molar-refractivity contribution in [1.82, 2.24) is 5.48 Å². The molecule has 1 aliphatic heterocycles. The van der Waals surface area contributed by atoms with Crippen LogP contribution >= 0.6 is 0 Å². The van der Waals surface area contributed by atoms with Crippen molar-refractivity contribution in [1.29, 1.82) is 0 Å². The number of hydrogen-bond donors (Lipinski definition) is 1. The topological polar surface area (TPSA) is 21.3 Å². The van der Waals surface area contributed by atoms with Crippen molar-refractivity contribution >= 4 is 13.1 Å². The third-order valence-corrected chi connectivity index (χ3v) is 0.490. The first-order valence-corrected chi connectivity index (χ1v) is 1.73. The van der Waals surface area contributed by atoms with Gasteiger partial charge in [0.25, 0.3) is 0 Å². The van der Waals surface area contributed by atoms with E-state index < -0.39 is 0 Å². The first kappa shape index (κ1) is 3.46. The molecule has 0 aromatic carbocycles. The van der Waals surface area contributed by atoms with Gasteiger partial charge in [-0.2, -0.15) is 0 Å². The summed E-state index contributed by atoms with van der Waals surface area (Å²) in [5, 5.41) is 0. The van der Waals surface area contributed by atoms with Crippen molar-refractivity contribution in [3.8, 4) is 0 Å². The van der Waals surface area contributed by atoms with Crippen molar-refractivity contribution < 1.29 is 4.76 Å². The normalized spacial score (nSPS) is 14.7. The first-order valence-electron chi connectivity index (χ1n) is 1.73. The van der Waals surface area contributed by atoms with E-state index in [4.69, 9.17) is 0 Å². The van der Waals surface area contributed by atoms with Crippen molar-refractivity contribution in [2.75, 3.05) is 0 Å². The fourth-order valence-corrected chi connectivity index (χ4v) is 0.258. The van der Waals surface area contributed by atoms with Gasteiger partial charge in [-0.3, -0.25) is 0 Å². The van der Waals surface area contributed by atoms with E-state index in [0.717, 1.165) is 0 Å². The predicted octanol–water partition coefficient (Wildman–Crippen LogP) is -0.544. The summed E-state index contributed by atoms with van der Waals surface area (Å²) in [5.74, 6) is 1.80. The Bertz CT molecular complexity index is 76.8. The van der Waals surface area contributed by atoms with E-state index in [2.05, 4.69) is 10.2 Å². The second-order valence-corrected chi connectivity index (χ2v) is 0.923. The molecule has 0 fully saturated rings. The molecule has 0 aliphatic carbocycles. The Labute approximate surface area is 36.7 Å². The van der Waals surface area contributed by atoms with E-state index in [1.807, 2.05) is 6.08 Å². The van der Waals surface area contributed by atoms with E-state index in [9.17, 15) is 0 Å². The molecule has 0 saturated carbocycles. The number of nitrogens with one attached hydrogen (secondary N) is 1. The fourth-order valence-electron chi connectivity index (χ4n) is 0.258. The van der Waals surface area contributed by atoms with Crippen LogP contribution < -0.4 is 5.48 Å². The monoisotopic (exact) mass is 81.0 g/mol. The van der Waals surface area contributed by atoms with Crippen LogP contribution in [0.3, 0.4) is 0 Å². The number of hydroxylamine groups is 1. The molecule has 2 nitrogen and oxygen atoms in total. The zero-order valence-electron chi connectivity index (χ0n) is 3.22. The quantitative estimate of drug-likeness (QED) is 0.395. The van der Waals surface area contributed by atoms with Gasteiger partial charge in [-0.05, 0) is 0 Å². The first-order chi connectivity index (χ1) is 3.00. The van der Waals surface area contributed by atoms with Gasteiger partial charge in [-0.15, -0.1) is 0 Å². The molecule has 1 rings (SSSR count). The van der Waals surface area contributed by atoms with Gasteiger partial charge in [0, 0.05) is 0 Å². The van der Waals surface area contributed by atoms with E-state index in [1.54, 1.807) is 19.3 Å². The van der Waals surface area contributed by atoms with E-state index >= 15 is 0 Å². The van der Waals surface area contributed by atoms with Gasteiger partial charge < -0.3 is 0 Å². The van der Waals surface area contributed by atoms with Crippen LogP contribution in [0.1, 0.15) is 0 Å². The summed E-state index contributed by atoms with van der Waals surface area (Å²) in [5.41, 5.74) is 2.52. The summed E-state index contributed by atoms with van der Waals surface area (Å²) in [6.07, 6.45) is 3.56. The summed E-state index contributed by atoms with van der Waals surface area (Å²) in [7, 11) is 1.57. The summed E-state index contributed by atoms with van der Waals surface area (Å²) in [6.45, 7) is 0. The zero-order valence-corrected chi connectivity index (χ0v) is 3.22. The van der Waals surface area contributed by atoms with Gasteiger partial charge in [-0.25, -0.2) is 0 Å². The molecule has 0 radical (unpaired) electrons. The van der Waals surface area contributed by atoms with Crippen LogP contribution in [0.15, 0.2) is 12.3 Å². The molecule has 1 aliphatic rings. The summed E-state index contributed by atoms with van der Waals surface area (Å²) in [6, 6.07) is 0. The molecule has 3 heteroatoms. The van der Waals surface area contributed by atoms with Gasteiger partial charge >= 0.3 is 35.6 Å². The molecule has 0 spiro atoms. The molecule has 0 atom stereocenters. The summed E-state index contributed by atoms with van der Waals surface area (Å²) >= 11 is 0. The number of rotatable bonds is 0. The van der Waals surface area contributed by atoms with Gasteiger partial charge in [0.2, 0.25) is 0 Å². The maximum atomic E-state index is 4.55. The Hall–Kier alpha value is -0.725. The van der Waals surface area contributed by atoms with Crippen LogP contribution in [0.25, 0.3) is 0 Å². The molecule has 0 aromatic rings. The molecule has 0 saturated heterocycles. The average Bonchev–Trinajstić information content (AvgIpc) is 1.72. The molecule has 0 amide bonds. The maximum absolute atomic E-state index is 4.55. The van der Waals surface area contributed by atoms with E-state index in [-0.39, 0.29) is 0 Å². The van der Waals surface area contributed by atoms with Gasteiger partial charge in [0.1, 0.15) is 0 Å². The SMILES string of the molecule is B1=CC=CNO1. The molecule has 0 bridgehead atoms. The second kappa shape index (κ2) is 1.65. The molecule has 1 heterocycles. The van der Waals surface area contributed by atoms with Gasteiger partial charge in [0.05, 0.1) is 0 Å². The predicted molar refractivity (Wildman–Crippen MR) is 25.2 cm³/mol. The molecule has 0 unspecified atom stereocenters. The molecular formula is C3H4BNO. The van der Waals surface area contributed by atoms with E-state index in [1.165, 1.54) is 0 Å². The second-order valence-electron chi connectivity index (χ2n) is 0.923. The Morgan fingerprint density at radius 1 is 1.67 bits per heavy atom. The number of allylic oxidation sites excluding steroid dienone is 1. The average molecular weight is 80.9 g/mol.